The molecule has 0 fully saturated rings. The monoisotopic (exact) mass is 338 g/mol. The third-order valence-electron chi connectivity index (χ3n) is 2.77. The Morgan fingerprint density at radius 2 is 2.05 bits per heavy atom. The smallest absolute Gasteiger partial charge is 0.341 e. The zero-order valence-corrected chi connectivity index (χ0v) is 13.1. The number of hydrogen-bond acceptors (Lipinski definition) is 4. The average Bonchev–Trinajstić information content (AvgIpc) is 2.49. The lowest BCUT2D eigenvalue weighted by Crippen LogP contribution is -2.21. The van der Waals surface area contributed by atoms with Crippen molar-refractivity contribution >= 4 is 40.8 Å². The SMILES string of the molecule is Cc1ccc(NC(=O)COC(=O)c2cccnc2Cl)cc1Cl. The van der Waals surface area contributed by atoms with E-state index in [4.69, 9.17) is 27.9 Å². The van der Waals surface area contributed by atoms with Gasteiger partial charge in [-0.2, -0.15) is 0 Å². The van der Waals surface area contributed by atoms with E-state index in [9.17, 15) is 9.59 Å². The van der Waals surface area contributed by atoms with E-state index in [-0.39, 0.29) is 10.7 Å². The number of nitrogens with zero attached hydrogens (tertiary/aromatic N) is 1. The molecule has 2 aromatic rings. The van der Waals surface area contributed by atoms with Crippen molar-refractivity contribution in [3.05, 3.63) is 57.8 Å². The topological polar surface area (TPSA) is 68.3 Å². The van der Waals surface area contributed by atoms with Crippen LogP contribution >= 0.6 is 23.2 Å². The Labute approximate surface area is 137 Å². The van der Waals surface area contributed by atoms with Crippen LogP contribution in [0.4, 0.5) is 5.69 Å². The van der Waals surface area contributed by atoms with E-state index in [1.807, 2.05) is 6.92 Å². The molecule has 0 saturated carbocycles. The van der Waals surface area contributed by atoms with Crippen LogP contribution in [0, 0.1) is 6.92 Å². The molecule has 0 saturated heterocycles. The van der Waals surface area contributed by atoms with E-state index in [1.54, 1.807) is 24.3 Å². The van der Waals surface area contributed by atoms with Gasteiger partial charge in [-0.15, -0.1) is 0 Å². The molecule has 1 aromatic carbocycles. The second-order valence-electron chi connectivity index (χ2n) is 4.43. The van der Waals surface area contributed by atoms with Gasteiger partial charge in [-0.25, -0.2) is 9.78 Å². The maximum absolute atomic E-state index is 11.8. The van der Waals surface area contributed by atoms with Crippen LogP contribution in [0.15, 0.2) is 36.5 Å². The molecule has 1 aromatic heterocycles. The predicted octanol–water partition coefficient (Wildman–Crippen LogP) is 3.49. The normalized spacial score (nSPS) is 10.1. The van der Waals surface area contributed by atoms with Gasteiger partial charge in [-0.1, -0.05) is 29.3 Å². The highest BCUT2D eigenvalue weighted by Crippen LogP contribution is 2.20. The van der Waals surface area contributed by atoms with Crippen molar-refractivity contribution in [2.45, 2.75) is 6.92 Å². The van der Waals surface area contributed by atoms with Crippen molar-refractivity contribution in [2.75, 3.05) is 11.9 Å². The number of pyridine rings is 1. The van der Waals surface area contributed by atoms with Gasteiger partial charge >= 0.3 is 5.97 Å². The summed E-state index contributed by atoms with van der Waals surface area (Å²) in [6, 6.07) is 8.12. The van der Waals surface area contributed by atoms with Gasteiger partial charge in [-0.3, -0.25) is 4.79 Å². The Hall–Kier alpha value is -2.11. The first-order valence-corrected chi connectivity index (χ1v) is 7.06. The highest BCUT2D eigenvalue weighted by atomic mass is 35.5. The van der Waals surface area contributed by atoms with Gasteiger partial charge < -0.3 is 10.1 Å². The summed E-state index contributed by atoms with van der Waals surface area (Å²) >= 11 is 11.7. The Balaban J connectivity index is 1.91. The standard InChI is InChI=1S/C15H12Cl2N2O3/c1-9-4-5-10(7-12(9)16)19-13(20)8-22-15(21)11-3-2-6-18-14(11)17/h2-7H,8H2,1H3,(H,19,20). The fourth-order valence-corrected chi connectivity index (χ4v) is 1.99. The van der Waals surface area contributed by atoms with Crippen LogP contribution in [-0.4, -0.2) is 23.5 Å². The molecule has 0 spiro atoms. The summed E-state index contributed by atoms with van der Waals surface area (Å²) < 4.78 is 4.89. The maximum atomic E-state index is 11.8. The molecule has 114 valence electrons. The lowest BCUT2D eigenvalue weighted by Gasteiger charge is -2.08. The van der Waals surface area contributed by atoms with Gasteiger partial charge in [0.15, 0.2) is 6.61 Å². The predicted molar refractivity (Wildman–Crippen MR) is 84.3 cm³/mol. The van der Waals surface area contributed by atoms with E-state index in [2.05, 4.69) is 10.3 Å². The number of hydrogen-bond donors (Lipinski definition) is 1. The van der Waals surface area contributed by atoms with Gasteiger partial charge in [0, 0.05) is 16.9 Å². The Kier molecular flexibility index (Phi) is 5.35. The van der Waals surface area contributed by atoms with E-state index in [0.717, 1.165) is 5.56 Å². The number of benzene rings is 1. The number of carbonyl (C=O) groups is 2. The third-order valence-corrected chi connectivity index (χ3v) is 3.48. The number of ether oxygens (including phenoxy) is 1. The first-order chi connectivity index (χ1) is 10.5. The number of anilines is 1. The zero-order valence-electron chi connectivity index (χ0n) is 11.6. The fourth-order valence-electron chi connectivity index (χ4n) is 1.61. The molecule has 22 heavy (non-hydrogen) atoms. The molecule has 1 N–H and O–H groups in total. The van der Waals surface area contributed by atoms with Gasteiger partial charge in [0.05, 0.1) is 5.56 Å². The lowest BCUT2D eigenvalue weighted by atomic mass is 10.2. The Morgan fingerprint density at radius 1 is 1.27 bits per heavy atom. The zero-order chi connectivity index (χ0) is 16.1. The summed E-state index contributed by atoms with van der Waals surface area (Å²) in [6.45, 7) is 1.42. The first kappa shape index (κ1) is 16.3. The van der Waals surface area contributed by atoms with Crippen molar-refractivity contribution in [1.29, 1.82) is 0 Å². The summed E-state index contributed by atoms with van der Waals surface area (Å²) in [5.74, 6) is -1.19. The minimum Gasteiger partial charge on any atom is -0.452 e. The van der Waals surface area contributed by atoms with Crippen LogP contribution in [0.5, 0.6) is 0 Å². The van der Waals surface area contributed by atoms with Crippen molar-refractivity contribution in [1.82, 2.24) is 4.98 Å². The molecule has 0 aliphatic carbocycles. The van der Waals surface area contributed by atoms with E-state index in [1.165, 1.54) is 12.3 Å². The second kappa shape index (κ2) is 7.24. The maximum Gasteiger partial charge on any atom is 0.341 e. The quantitative estimate of drug-likeness (QED) is 0.684. The molecule has 0 aliphatic heterocycles. The molecule has 0 unspecified atom stereocenters. The first-order valence-electron chi connectivity index (χ1n) is 6.31. The molecule has 1 heterocycles. The molecular formula is C15H12Cl2N2O3. The molecule has 2 rings (SSSR count). The third kappa shape index (κ3) is 4.19. The van der Waals surface area contributed by atoms with Crippen LogP contribution in [0.1, 0.15) is 15.9 Å². The molecule has 7 heteroatoms. The van der Waals surface area contributed by atoms with Crippen LogP contribution < -0.4 is 5.32 Å². The second-order valence-corrected chi connectivity index (χ2v) is 5.20. The van der Waals surface area contributed by atoms with Gasteiger partial charge in [0.2, 0.25) is 0 Å². The number of aryl methyl sites for hydroxylation is 1. The highest BCUT2D eigenvalue weighted by Gasteiger charge is 2.14. The summed E-state index contributed by atoms with van der Waals surface area (Å²) in [5.41, 5.74) is 1.53. The molecule has 0 aliphatic rings. The van der Waals surface area contributed by atoms with E-state index >= 15 is 0 Å². The Morgan fingerprint density at radius 3 is 2.73 bits per heavy atom. The number of esters is 1. The molecule has 0 atom stereocenters. The number of halogens is 2. The number of nitrogens with one attached hydrogen (secondary N) is 1. The number of rotatable bonds is 4. The summed E-state index contributed by atoms with van der Waals surface area (Å²) in [4.78, 5) is 27.3. The Bertz CT molecular complexity index is 720. The number of amides is 1. The minimum atomic E-state index is -0.713. The van der Waals surface area contributed by atoms with Crippen LogP contribution in [0.25, 0.3) is 0 Å². The highest BCUT2D eigenvalue weighted by molar-refractivity contribution is 6.32. The molecule has 5 nitrogen and oxygen atoms in total. The summed E-state index contributed by atoms with van der Waals surface area (Å²) in [6.07, 6.45) is 1.45. The van der Waals surface area contributed by atoms with Crippen LogP contribution in [0.3, 0.4) is 0 Å². The van der Waals surface area contributed by atoms with Gasteiger partial charge in [-0.05, 0) is 36.8 Å². The lowest BCUT2D eigenvalue weighted by molar-refractivity contribution is -0.119. The minimum absolute atomic E-state index is 0.0261. The molecule has 0 radical (unpaired) electrons. The summed E-state index contributed by atoms with van der Waals surface area (Å²) in [7, 11) is 0. The largest absolute Gasteiger partial charge is 0.452 e. The van der Waals surface area contributed by atoms with E-state index < -0.39 is 18.5 Å². The van der Waals surface area contributed by atoms with Crippen LogP contribution in [-0.2, 0) is 9.53 Å². The average molecular weight is 339 g/mol. The van der Waals surface area contributed by atoms with Crippen molar-refractivity contribution in [2.24, 2.45) is 0 Å². The number of aromatic nitrogens is 1. The molecular weight excluding hydrogens is 327 g/mol. The van der Waals surface area contributed by atoms with Crippen molar-refractivity contribution in [3.63, 3.8) is 0 Å². The van der Waals surface area contributed by atoms with Crippen molar-refractivity contribution < 1.29 is 14.3 Å². The van der Waals surface area contributed by atoms with Gasteiger partial charge in [0.25, 0.3) is 5.91 Å². The van der Waals surface area contributed by atoms with E-state index in [0.29, 0.717) is 10.7 Å². The van der Waals surface area contributed by atoms with Crippen molar-refractivity contribution in [3.8, 4) is 0 Å². The molecule has 1 amide bonds. The fraction of sp³-hybridized carbons (Fsp3) is 0.133. The van der Waals surface area contributed by atoms with Gasteiger partial charge in [0.1, 0.15) is 5.15 Å². The molecule has 0 bridgehead atoms. The summed E-state index contributed by atoms with van der Waals surface area (Å²) in [5, 5.41) is 3.15. The number of carbonyl (C=O) groups excluding carboxylic acids is 2. The van der Waals surface area contributed by atoms with Crippen LogP contribution in [0.2, 0.25) is 10.2 Å².